The fraction of sp³-hybridized carbons (Fsp3) is 0.200. The molecule has 8 heteroatoms. The molecule has 1 aromatic rings. The molecule has 1 aliphatic rings. The summed E-state index contributed by atoms with van der Waals surface area (Å²) >= 11 is 0. The number of aldehydes is 1. The number of allylic oxidation sites excluding steroid dienone is 2. The zero-order valence-corrected chi connectivity index (χ0v) is 12.4. The Hall–Kier alpha value is -3.16. The molecule has 120 valence electrons. The van der Waals surface area contributed by atoms with Gasteiger partial charge in [0.15, 0.2) is 18.2 Å². The van der Waals surface area contributed by atoms with Crippen LogP contribution in [0.1, 0.15) is 24.1 Å². The maximum absolute atomic E-state index is 11.8. The van der Waals surface area contributed by atoms with Crippen LogP contribution in [-0.4, -0.2) is 28.4 Å². The van der Waals surface area contributed by atoms with Gasteiger partial charge < -0.3 is 20.7 Å². The molecule has 8 nitrogen and oxygen atoms in total. The third-order valence-electron chi connectivity index (χ3n) is 3.73. The average molecular weight is 318 g/mol. The highest BCUT2D eigenvalue weighted by atomic mass is 16.5. The highest BCUT2D eigenvalue weighted by molar-refractivity contribution is 6.02. The normalized spacial score (nSPS) is 17.7. The van der Waals surface area contributed by atoms with Gasteiger partial charge in [-0.1, -0.05) is 0 Å². The molecule has 0 spiro atoms. The van der Waals surface area contributed by atoms with Crippen molar-refractivity contribution in [2.24, 2.45) is 0 Å². The van der Waals surface area contributed by atoms with Crippen LogP contribution in [0.5, 0.6) is 0 Å². The number of carboxylic acid groups (broad SMARTS) is 2. The number of rotatable bonds is 4. The maximum atomic E-state index is 11.8. The molecule has 0 aromatic carbocycles. The van der Waals surface area contributed by atoms with E-state index >= 15 is 0 Å². The molecule has 1 aliphatic heterocycles. The van der Waals surface area contributed by atoms with Crippen molar-refractivity contribution in [1.82, 2.24) is 5.32 Å². The van der Waals surface area contributed by atoms with Crippen LogP contribution in [0, 0.1) is 12.1 Å². The van der Waals surface area contributed by atoms with Crippen molar-refractivity contribution in [2.45, 2.75) is 19.8 Å². The van der Waals surface area contributed by atoms with E-state index in [9.17, 15) is 29.8 Å². The van der Waals surface area contributed by atoms with Crippen molar-refractivity contribution in [3.05, 3.63) is 57.3 Å². The number of nitrogens with one attached hydrogen (secondary N) is 1. The zero-order valence-electron chi connectivity index (χ0n) is 12.4. The van der Waals surface area contributed by atoms with Crippen molar-refractivity contribution in [3.8, 4) is 0 Å². The number of aliphatic carboxylic acids is 2. The molecular weight excluding hydrogens is 304 g/mol. The topological polar surface area (TPSA) is 131 Å². The van der Waals surface area contributed by atoms with Crippen molar-refractivity contribution < 1.29 is 29.3 Å². The molecule has 2 heterocycles. The molecule has 0 saturated heterocycles. The lowest BCUT2D eigenvalue weighted by Gasteiger charge is -2.28. The Morgan fingerprint density at radius 2 is 1.87 bits per heavy atom. The van der Waals surface area contributed by atoms with E-state index in [1.165, 1.54) is 32.2 Å². The molecule has 3 N–H and O–H groups in total. The van der Waals surface area contributed by atoms with Crippen LogP contribution in [0.3, 0.4) is 0 Å². The number of hydrogen-bond acceptors (Lipinski definition) is 5. The van der Waals surface area contributed by atoms with Crippen LogP contribution in [-0.2, 0) is 14.4 Å². The first kappa shape index (κ1) is 16.2. The first-order valence-electron chi connectivity index (χ1n) is 6.62. The summed E-state index contributed by atoms with van der Waals surface area (Å²) in [6.07, 6.45) is 1.55. The van der Waals surface area contributed by atoms with Gasteiger partial charge in [-0.15, -0.1) is 0 Å². The Bertz CT molecular complexity index is 778. The van der Waals surface area contributed by atoms with E-state index in [1.807, 2.05) is 0 Å². The number of hydrogen-bond donors (Lipinski definition) is 3. The van der Waals surface area contributed by atoms with Gasteiger partial charge in [0.2, 0.25) is 0 Å². The lowest BCUT2D eigenvalue weighted by molar-refractivity contribution is -0.612. The molecule has 2 rings (SSSR count). The second-order valence-corrected chi connectivity index (χ2v) is 5.03. The van der Waals surface area contributed by atoms with Crippen LogP contribution in [0.25, 0.3) is 0 Å². The molecule has 0 bridgehead atoms. The minimum atomic E-state index is -1.43. The predicted molar refractivity (Wildman–Crippen MR) is 77.1 cm³/mol. The predicted octanol–water partition coefficient (Wildman–Crippen LogP) is 0.211. The highest BCUT2D eigenvalue weighted by Crippen LogP contribution is 2.38. The summed E-state index contributed by atoms with van der Waals surface area (Å²) in [4.78, 5) is 34.4. The molecule has 23 heavy (non-hydrogen) atoms. The summed E-state index contributed by atoms with van der Waals surface area (Å²) in [5, 5.41) is 33.2. The van der Waals surface area contributed by atoms with E-state index in [-0.39, 0.29) is 28.2 Å². The Kier molecular flexibility index (Phi) is 4.17. The summed E-state index contributed by atoms with van der Waals surface area (Å²) in [5.74, 6) is -3.99. The van der Waals surface area contributed by atoms with Crippen LogP contribution >= 0.6 is 0 Å². The summed E-state index contributed by atoms with van der Waals surface area (Å²) < 4.78 is 0.520. The number of aromatic nitrogens is 1. The molecule has 0 fully saturated rings. The molecule has 1 atom stereocenters. The van der Waals surface area contributed by atoms with Crippen LogP contribution in [0.2, 0.25) is 0 Å². The van der Waals surface area contributed by atoms with Gasteiger partial charge in [-0.3, -0.25) is 4.79 Å². The van der Waals surface area contributed by atoms with Crippen LogP contribution in [0.15, 0.2) is 40.9 Å². The van der Waals surface area contributed by atoms with Gasteiger partial charge >= 0.3 is 11.9 Å². The smallest absolute Gasteiger partial charge is 0.334 e. The Morgan fingerprint density at radius 1 is 1.26 bits per heavy atom. The first-order valence-corrected chi connectivity index (χ1v) is 6.62. The SMILES string of the molecule is CC1=C(C(=O)O)C(c2ccc[n+]([O-])c2C)C(C(=O)O)=C(C=O)N1. The van der Waals surface area contributed by atoms with Gasteiger partial charge in [-0.2, -0.15) is 4.73 Å². The third kappa shape index (κ3) is 2.66. The summed E-state index contributed by atoms with van der Waals surface area (Å²) in [7, 11) is 0. The second-order valence-electron chi connectivity index (χ2n) is 5.03. The minimum absolute atomic E-state index is 0.148. The molecule has 0 radical (unpaired) electrons. The van der Waals surface area contributed by atoms with Crippen molar-refractivity contribution in [1.29, 1.82) is 0 Å². The van der Waals surface area contributed by atoms with Gasteiger partial charge in [0.25, 0.3) is 0 Å². The van der Waals surface area contributed by atoms with Crippen molar-refractivity contribution in [2.75, 3.05) is 0 Å². The largest absolute Gasteiger partial charge is 0.619 e. The van der Waals surface area contributed by atoms with Gasteiger partial charge in [0.1, 0.15) is 0 Å². The van der Waals surface area contributed by atoms with E-state index in [0.717, 1.165) is 0 Å². The Morgan fingerprint density at radius 3 is 2.39 bits per heavy atom. The highest BCUT2D eigenvalue weighted by Gasteiger charge is 2.39. The lowest BCUT2D eigenvalue weighted by atomic mass is 9.80. The quantitative estimate of drug-likeness (QED) is 0.411. The summed E-state index contributed by atoms with van der Waals surface area (Å²) in [5.41, 5.74) is -0.326. The molecule has 1 unspecified atom stereocenters. The zero-order chi connectivity index (χ0) is 17.3. The van der Waals surface area contributed by atoms with E-state index in [4.69, 9.17) is 0 Å². The van der Waals surface area contributed by atoms with E-state index in [2.05, 4.69) is 5.32 Å². The maximum Gasteiger partial charge on any atom is 0.334 e. The number of dihydropyridines is 1. The van der Waals surface area contributed by atoms with Gasteiger partial charge in [-0.05, 0) is 13.0 Å². The number of pyridine rings is 1. The van der Waals surface area contributed by atoms with Crippen LogP contribution in [0.4, 0.5) is 0 Å². The number of nitrogens with zero attached hydrogens (tertiary/aromatic N) is 1. The van der Waals surface area contributed by atoms with Gasteiger partial charge in [0.05, 0.1) is 22.8 Å². The number of carbonyl (C=O) groups is 3. The number of carboxylic acids is 2. The minimum Gasteiger partial charge on any atom is -0.619 e. The molecular formula is C15H14N2O6. The fourth-order valence-corrected chi connectivity index (χ4v) is 2.67. The standard InChI is InChI=1S/C15H14N2O6/c1-7-11(14(19)20)12(9-4-3-5-17(23)8(9)2)13(15(21)22)10(6-18)16-7/h3-6,12,16H,1-2H3,(H,19,20)(H,21,22). The van der Waals surface area contributed by atoms with Gasteiger partial charge in [-0.25, -0.2) is 9.59 Å². The monoisotopic (exact) mass is 318 g/mol. The van der Waals surface area contributed by atoms with E-state index in [1.54, 1.807) is 0 Å². The second kappa shape index (κ2) is 5.91. The van der Waals surface area contributed by atoms with Crippen LogP contribution < -0.4 is 10.0 Å². The number of carbonyl (C=O) groups excluding carboxylic acids is 1. The molecule has 0 amide bonds. The lowest BCUT2D eigenvalue weighted by Crippen LogP contribution is -2.36. The molecule has 1 aromatic heterocycles. The Balaban J connectivity index is 2.83. The summed E-state index contributed by atoms with van der Waals surface area (Å²) in [6.45, 7) is 2.89. The van der Waals surface area contributed by atoms with Crippen molar-refractivity contribution >= 4 is 18.2 Å². The third-order valence-corrected chi connectivity index (χ3v) is 3.73. The first-order chi connectivity index (χ1) is 10.8. The molecule has 0 saturated carbocycles. The summed E-state index contributed by atoms with van der Waals surface area (Å²) in [6, 6.07) is 2.87. The fourth-order valence-electron chi connectivity index (χ4n) is 2.67. The molecule has 0 aliphatic carbocycles. The van der Waals surface area contributed by atoms with Crippen molar-refractivity contribution in [3.63, 3.8) is 0 Å². The Labute approximate surface area is 130 Å². The van der Waals surface area contributed by atoms with E-state index < -0.39 is 23.4 Å². The average Bonchev–Trinajstić information content (AvgIpc) is 2.48. The van der Waals surface area contributed by atoms with E-state index in [0.29, 0.717) is 11.0 Å². The van der Waals surface area contributed by atoms with Gasteiger partial charge in [0, 0.05) is 24.3 Å².